The summed E-state index contributed by atoms with van der Waals surface area (Å²) in [5, 5.41) is 0. The van der Waals surface area contributed by atoms with Gasteiger partial charge in [0.1, 0.15) is 5.78 Å². The summed E-state index contributed by atoms with van der Waals surface area (Å²) in [6.07, 6.45) is 3.20. The second-order valence-corrected chi connectivity index (χ2v) is 10.3. The first-order valence-corrected chi connectivity index (χ1v) is 14.1. The maximum Gasteiger partial charge on any atom is 0.129 e. The van der Waals surface area contributed by atoms with Gasteiger partial charge in [0.05, 0.1) is 22.4 Å². The van der Waals surface area contributed by atoms with Crippen molar-refractivity contribution in [3.63, 3.8) is 0 Å². The fourth-order valence-corrected chi connectivity index (χ4v) is 5.11. The van der Waals surface area contributed by atoms with Crippen LogP contribution in [0, 0.1) is 6.92 Å². The highest BCUT2D eigenvalue weighted by atomic mass is 16.1. The summed E-state index contributed by atoms with van der Waals surface area (Å²) in [5.74, 6) is 0.237. The third-order valence-corrected chi connectivity index (χ3v) is 7.37. The standard InChI is InChI=1S/C33H36N4O.C2H4/c1-24-13-16-29(17-14-24)37-21-19-36(20-22-37)26(3)28-15-18-30-32(23-28)34-31(12-8-7-9-25(2)38)33(35-30)27-10-5-4-6-11-27;1-2/h4-6,10-11,13-18,23H,3,7-9,12,19-22H2,1-2H3;1-2H2. The van der Waals surface area contributed by atoms with Crippen molar-refractivity contribution in [1.29, 1.82) is 0 Å². The lowest BCUT2D eigenvalue weighted by Gasteiger charge is -2.38. The number of nitrogens with zero attached hydrogens (tertiary/aromatic N) is 4. The van der Waals surface area contributed by atoms with Crippen LogP contribution in [0.3, 0.4) is 0 Å². The van der Waals surface area contributed by atoms with Crippen molar-refractivity contribution in [2.24, 2.45) is 0 Å². The van der Waals surface area contributed by atoms with E-state index in [1.165, 1.54) is 11.3 Å². The maximum absolute atomic E-state index is 11.4. The van der Waals surface area contributed by atoms with Crippen LogP contribution in [0.1, 0.15) is 43.0 Å². The molecule has 0 bridgehead atoms. The Bertz CT molecular complexity index is 1440. The third kappa shape index (κ3) is 7.03. The predicted octanol–water partition coefficient (Wildman–Crippen LogP) is 7.50. The highest BCUT2D eigenvalue weighted by Gasteiger charge is 2.20. The second kappa shape index (κ2) is 13.7. The van der Waals surface area contributed by atoms with Crippen molar-refractivity contribution >= 4 is 28.2 Å². The molecule has 1 saturated heterocycles. The molecule has 2 heterocycles. The van der Waals surface area contributed by atoms with Gasteiger partial charge < -0.3 is 14.6 Å². The summed E-state index contributed by atoms with van der Waals surface area (Å²) in [4.78, 5) is 26.4. The number of hydrogen-bond donors (Lipinski definition) is 0. The summed E-state index contributed by atoms with van der Waals surface area (Å²) in [6, 6.07) is 25.3. The molecule has 0 N–H and O–H groups in total. The van der Waals surface area contributed by atoms with Gasteiger partial charge in [-0.3, -0.25) is 0 Å². The zero-order valence-electron chi connectivity index (χ0n) is 23.9. The van der Waals surface area contributed by atoms with E-state index in [-0.39, 0.29) is 5.78 Å². The Morgan fingerprint density at radius 3 is 2.23 bits per heavy atom. The van der Waals surface area contributed by atoms with Gasteiger partial charge in [0.25, 0.3) is 0 Å². The first-order valence-electron chi connectivity index (χ1n) is 14.1. The molecule has 0 aliphatic carbocycles. The van der Waals surface area contributed by atoms with Gasteiger partial charge in [-0.15, -0.1) is 13.2 Å². The number of Topliss-reactive ketones (excluding diaryl/α,β-unsaturated/α-hetero) is 1. The first kappa shape index (κ1) is 28.8. The number of benzene rings is 3. The molecular weight excluding hydrogens is 492 g/mol. The van der Waals surface area contributed by atoms with Crippen LogP contribution in [0.2, 0.25) is 0 Å². The van der Waals surface area contributed by atoms with Crippen LogP contribution in [0.5, 0.6) is 0 Å². The molecule has 1 fully saturated rings. The second-order valence-electron chi connectivity index (χ2n) is 10.3. The van der Waals surface area contributed by atoms with E-state index in [4.69, 9.17) is 9.97 Å². The molecule has 1 aliphatic heterocycles. The maximum atomic E-state index is 11.4. The molecule has 1 aliphatic rings. The van der Waals surface area contributed by atoms with Gasteiger partial charge in [-0.05, 0) is 62.9 Å². The SMILES string of the molecule is C=C.C=C(c1ccc2nc(-c3ccccc3)c(CCCCC(C)=O)nc2c1)N1CCN(c2ccc(C)cc2)CC1. The number of fused-ring (bicyclic) bond motifs is 1. The summed E-state index contributed by atoms with van der Waals surface area (Å²) in [7, 11) is 0. The Morgan fingerprint density at radius 2 is 1.55 bits per heavy atom. The average Bonchev–Trinajstić information content (AvgIpc) is 3.00. The van der Waals surface area contributed by atoms with E-state index in [9.17, 15) is 4.79 Å². The van der Waals surface area contributed by atoms with Crippen LogP contribution in [-0.2, 0) is 11.2 Å². The number of ketones is 1. The molecule has 1 aromatic heterocycles. The van der Waals surface area contributed by atoms with E-state index in [2.05, 4.69) is 91.1 Å². The van der Waals surface area contributed by atoms with Gasteiger partial charge in [0.2, 0.25) is 0 Å². The Kier molecular flexibility index (Phi) is 9.85. The number of rotatable bonds is 9. The van der Waals surface area contributed by atoms with Crippen LogP contribution in [0.15, 0.2) is 92.5 Å². The smallest absolute Gasteiger partial charge is 0.129 e. The van der Waals surface area contributed by atoms with E-state index < -0.39 is 0 Å². The van der Waals surface area contributed by atoms with Gasteiger partial charge in [-0.25, -0.2) is 9.97 Å². The van der Waals surface area contributed by atoms with Crippen LogP contribution in [0.4, 0.5) is 5.69 Å². The van der Waals surface area contributed by atoms with Crippen molar-refractivity contribution in [3.8, 4) is 11.3 Å². The molecule has 0 saturated carbocycles. The van der Waals surface area contributed by atoms with E-state index in [1.807, 2.05) is 18.2 Å². The minimum absolute atomic E-state index is 0.237. The minimum Gasteiger partial charge on any atom is -0.368 e. The number of anilines is 1. The van der Waals surface area contributed by atoms with E-state index in [0.717, 1.165) is 84.7 Å². The summed E-state index contributed by atoms with van der Waals surface area (Å²) >= 11 is 0. The van der Waals surface area contributed by atoms with Crippen molar-refractivity contribution in [2.75, 3.05) is 31.1 Å². The molecule has 206 valence electrons. The molecule has 0 radical (unpaired) electrons. The largest absolute Gasteiger partial charge is 0.368 e. The summed E-state index contributed by atoms with van der Waals surface area (Å²) < 4.78 is 0. The molecule has 0 atom stereocenters. The van der Waals surface area contributed by atoms with Crippen molar-refractivity contribution in [2.45, 2.75) is 39.5 Å². The molecule has 5 nitrogen and oxygen atoms in total. The molecule has 0 unspecified atom stereocenters. The third-order valence-electron chi connectivity index (χ3n) is 7.37. The van der Waals surface area contributed by atoms with Gasteiger partial charge in [0.15, 0.2) is 0 Å². The molecule has 5 rings (SSSR count). The lowest BCUT2D eigenvalue weighted by Crippen LogP contribution is -2.45. The molecule has 0 spiro atoms. The highest BCUT2D eigenvalue weighted by molar-refractivity contribution is 5.82. The lowest BCUT2D eigenvalue weighted by molar-refractivity contribution is -0.117. The Balaban J connectivity index is 0.00000181. The molecule has 40 heavy (non-hydrogen) atoms. The van der Waals surface area contributed by atoms with Gasteiger partial charge in [0, 0.05) is 49.5 Å². The Morgan fingerprint density at radius 1 is 0.850 bits per heavy atom. The number of hydrogen-bond acceptors (Lipinski definition) is 5. The van der Waals surface area contributed by atoms with Crippen molar-refractivity contribution < 1.29 is 4.79 Å². The highest BCUT2D eigenvalue weighted by Crippen LogP contribution is 2.28. The topological polar surface area (TPSA) is 49.3 Å². The number of carbonyl (C=O) groups is 1. The monoisotopic (exact) mass is 532 g/mol. The minimum atomic E-state index is 0.237. The van der Waals surface area contributed by atoms with Gasteiger partial charge >= 0.3 is 0 Å². The van der Waals surface area contributed by atoms with Crippen LogP contribution in [-0.4, -0.2) is 46.8 Å². The molecular formula is C35H40N4O. The number of aromatic nitrogens is 2. The lowest BCUT2D eigenvalue weighted by atomic mass is 10.0. The first-order chi connectivity index (χ1) is 19.5. The number of carbonyl (C=O) groups excluding carboxylic acids is 1. The number of piperazine rings is 1. The van der Waals surface area contributed by atoms with Crippen LogP contribution >= 0.6 is 0 Å². The fraction of sp³-hybridized carbons (Fsp3) is 0.286. The van der Waals surface area contributed by atoms with Crippen LogP contribution < -0.4 is 4.90 Å². The molecule has 0 amide bonds. The summed E-state index contributed by atoms with van der Waals surface area (Å²) in [5.41, 5.74) is 9.46. The quantitative estimate of drug-likeness (QED) is 0.165. The predicted molar refractivity (Wildman–Crippen MR) is 168 cm³/mol. The van der Waals surface area contributed by atoms with E-state index in [1.54, 1.807) is 6.92 Å². The van der Waals surface area contributed by atoms with E-state index >= 15 is 0 Å². The van der Waals surface area contributed by atoms with Crippen LogP contribution in [0.25, 0.3) is 28.0 Å². The molecule has 5 heteroatoms. The van der Waals surface area contributed by atoms with Crippen molar-refractivity contribution in [1.82, 2.24) is 14.9 Å². The Labute approximate surface area is 238 Å². The van der Waals surface area contributed by atoms with Gasteiger partial charge in [-0.2, -0.15) is 0 Å². The molecule has 3 aromatic carbocycles. The zero-order valence-corrected chi connectivity index (χ0v) is 23.9. The van der Waals surface area contributed by atoms with Crippen molar-refractivity contribution in [3.05, 3.63) is 109 Å². The number of unbranched alkanes of at least 4 members (excludes halogenated alkanes) is 1. The fourth-order valence-electron chi connectivity index (χ4n) is 5.11. The molecule has 4 aromatic rings. The normalized spacial score (nSPS) is 13.1. The number of aryl methyl sites for hydroxylation is 2. The van der Waals surface area contributed by atoms with E-state index in [0.29, 0.717) is 6.42 Å². The van der Waals surface area contributed by atoms with Gasteiger partial charge in [-0.1, -0.05) is 60.7 Å². The zero-order chi connectivity index (χ0) is 28.5. The summed E-state index contributed by atoms with van der Waals surface area (Å²) in [6.45, 7) is 18.1. The average molecular weight is 533 g/mol. The Hall–Kier alpha value is -4.25.